The highest BCUT2D eigenvalue weighted by Crippen LogP contribution is 2.28. The molecule has 3 nitrogen and oxygen atoms in total. The van der Waals surface area contributed by atoms with Crippen molar-refractivity contribution in [3.63, 3.8) is 0 Å². The van der Waals surface area contributed by atoms with E-state index in [9.17, 15) is 12.8 Å². The van der Waals surface area contributed by atoms with Crippen LogP contribution in [0.25, 0.3) is 0 Å². The van der Waals surface area contributed by atoms with E-state index in [2.05, 4.69) is 5.32 Å². The van der Waals surface area contributed by atoms with Gasteiger partial charge in [0.15, 0.2) is 9.84 Å². The number of hydrogen-bond donors (Lipinski definition) is 1. The molecule has 1 aliphatic heterocycles. The maximum absolute atomic E-state index is 13.1. The standard InChI is InChI=1S/C13H17ClFNO2S/c1-9(10-3-4-12(15)11(14)7-10)16-13(2)5-6-19(17,18)8-13/h3-4,7,9,16H,5-6,8H2,1-2H3. The van der Waals surface area contributed by atoms with Crippen molar-refractivity contribution in [1.29, 1.82) is 0 Å². The predicted molar refractivity (Wildman–Crippen MR) is 74.6 cm³/mol. The molecule has 2 unspecified atom stereocenters. The summed E-state index contributed by atoms with van der Waals surface area (Å²) in [6.07, 6.45) is 0.592. The monoisotopic (exact) mass is 305 g/mol. The molecule has 1 aromatic rings. The molecule has 6 heteroatoms. The molecule has 0 amide bonds. The summed E-state index contributed by atoms with van der Waals surface area (Å²) in [6, 6.07) is 4.47. The van der Waals surface area contributed by atoms with E-state index in [0.29, 0.717) is 6.42 Å². The first-order chi connectivity index (χ1) is 8.71. The molecule has 0 bridgehead atoms. The van der Waals surface area contributed by atoms with E-state index in [0.717, 1.165) is 5.56 Å². The summed E-state index contributed by atoms with van der Waals surface area (Å²) < 4.78 is 36.2. The molecule has 2 rings (SSSR count). The summed E-state index contributed by atoms with van der Waals surface area (Å²) in [7, 11) is -2.95. The van der Waals surface area contributed by atoms with Gasteiger partial charge >= 0.3 is 0 Å². The highest BCUT2D eigenvalue weighted by Gasteiger charge is 2.39. The van der Waals surface area contributed by atoms with Crippen molar-refractivity contribution in [2.24, 2.45) is 0 Å². The number of hydrogen-bond acceptors (Lipinski definition) is 3. The van der Waals surface area contributed by atoms with Crippen LogP contribution >= 0.6 is 11.6 Å². The summed E-state index contributed by atoms with van der Waals surface area (Å²) in [5, 5.41) is 3.39. The Hall–Kier alpha value is -0.650. The van der Waals surface area contributed by atoms with Gasteiger partial charge in [-0.05, 0) is 38.0 Å². The highest BCUT2D eigenvalue weighted by molar-refractivity contribution is 7.91. The van der Waals surface area contributed by atoms with Crippen LogP contribution in [0.5, 0.6) is 0 Å². The molecule has 0 aromatic heterocycles. The van der Waals surface area contributed by atoms with Gasteiger partial charge in [-0.2, -0.15) is 0 Å². The fourth-order valence-electron chi connectivity index (χ4n) is 2.51. The number of rotatable bonds is 3. The maximum Gasteiger partial charge on any atom is 0.152 e. The van der Waals surface area contributed by atoms with E-state index in [1.165, 1.54) is 6.07 Å². The Balaban J connectivity index is 2.13. The van der Waals surface area contributed by atoms with Crippen LogP contribution in [0.15, 0.2) is 18.2 Å². The number of nitrogens with one attached hydrogen (secondary N) is 1. The molecule has 1 heterocycles. The molecular weight excluding hydrogens is 289 g/mol. The molecule has 0 spiro atoms. The quantitative estimate of drug-likeness (QED) is 0.934. The molecule has 1 N–H and O–H groups in total. The Morgan fingerprint density at radius 3 is 2.68 bits per heavy atom. The van der Waals surface area contributed by atoms with E-state index in [-0.39, 0.29) is 22.6 Å². The Bertz CT molecular complexity index is 590. The van der Waals surface area contributed by atoms with E-state index >= 15 is 0 Å². The molecule has 19 heavy (non-hydrogen) atoms. The van der Waals surface area contributed by atoms with Crippen LogP contribution in [-0.2, 0) is 9.84 Å². The second-order valence-electron chi connectivity index (χ2n) is 5.44. The van der Waals surface area contributed by atoms with Gasteiger partial charge in [0.05, 0.1) is 16.5 Å². The zero-order chi connectivity index (χ0) is 14.3. The molecule has 2 atom stereocenters. The third-order valence-electron chi connectivity index (χ3n) is 3.51. The van der Waals surface area contributed by atoms with E-state index in [4.69, 9.17) is 11.6 Å². The van der Waals surface area contributed by atoms with Crippen LogP contribution in [0.1, 0.15) is 31.9 Å². The minimum absolute atomic E-state index is 0.0790. The summed E-state index contributed by atoms with van der Waals surface area (Å²) in [5.74, 6) is -0.0978. The fourth-order valence-corrected chi connectivity index (χ4v) is 4.81. The normalized spacial score (nSPS) is 27.4. The molecule has 106 valence electrons. The van der Waals surface area contributed by atoms with E-state index in [1.807, 2.05) is 13.8 Å². The predicted octanol–water partition coefficient (Wildman–Crippen LogP) is 2.71. The second kappa shape index (κ2) is 5.04. The first kappa shape index (κ1) is 14.8. The smallest absolute Gasteiger partial charge is 0.152 e. The SMILES string of the molecule is CC(NC1(C)CCS(=O)(=O)C1)c1ccc(F)c(Cl)c1. The van der Waals surface area contributed by atoms with Crippen LogP contribution in [0, 0.1) is 5.82 Å². The van der Waals surface area contributed by atoms with Gasteiger partial charge in [0.2, 0.25) is 0 Å². The zero-order valence-electron chi connectivity index (χ0n) is 10.9. The van der Waals surface area contributed by atoms with Gasteiger partial charge in [-0.3, -0.25) is 0 Å². The fraction of sp³-hybridized carbons (Fsp3) is 0.538. The van der Waals surface area contributed by atoms with Crippen molar-refractivity contribution < 1.29 is 12.8 Å². The van der Waals surface area contributed by atoms with Crippen molar-refractivity contribution in [2.45, 2.75) is 31.8 Å². The summed E-state index contributed by atoms with van der Waals surface area (Å²) in [4.78, 5) is 0. The lowest BCUT2D eigenvalue weighted by molar-refractivity contribution is 0.355. The minimum Gasteiger partial charge on any atom is -0.304 e. The third-order valence-corrected chi connectivity index (χ3v) is 5.70. The van der Waals surface area contributed by atoms with Crippen LogP contribution in [0.3, 0.4) is 0 Å². The molecule has 0 aliphatic carbocycles. The van der Waals surface area contributed by atoms with Gasteiger partial charge in [0.25, 0.3) is 0 Å². The van der Waals surface area contributed by atoms with Gasteiger partial charge in [-0.25, -0.2) is 12.8 Å². The molecule has 1 saturated heterocycles. The second-order valence-corrected chi connectivity index (χ2v) is 8.03. The number of halogens is 2. The average Bonchev–Trinajstić information content (AvgIpc) is 2.56. The first-order valence-electron chi connectivity index (χ1n) is 6.14. The van der Waals surface area contributed by atoms with Gasteiger partial charge in [0.1, 0.15) is 5.82 Å². The molecular formula is C13H17ClFNO2S. The van der Waals surface area contributed by atoms with Crippen LogP contribution in [0.4, 0.5) is 4.39 Å². The lowest BCUT2D eigenvalue weighted by Crippen LogP contribution is -2.44. The lowest BCUT2D eigenvalue weighted by atomic mass is 9.98. The Morgan fingerprint density at radius 1 is 1.47 bits per heavy atom. The van der Waals surface area contributed by atoms with Crippen molar-refractivity contribution in [1.82, 2.24) is 5.32 Å². The third kappa shape index (κ3) is 3.46. The van der Waals surface area contributed by atoms with Crippen molar-refractivity contribution in [2.75, 3.05) is 11.5 Å². The van der Waals surface area contributed by atoms with Crippen LogP contribution in [-0.4, -0.2) is 25.5 Å². The Morgan fingerprint density at radius 2 is 2.16 bits per heavy atom. The lowest BCUT2D eigenvalue weighted by Gasteiger charge is -2.29. The van der Waals surface area contributed by atoms with E-state index in [1.54, 1.807) is 12.1 Å². The van der Waals surface area contributed by atoms with Gasteiger partial charge in [0, 0.05) is 11.6 Å². The average molecular weight is 306 g/mol. The van der Waals surface area contributed by atoms with Crippen molar-refractivity contribution >= 4 is 21.4 Å². The Labute approximate surface area is 118 Å². The van der Waals surface area contributed by atoms with Crippen LogP contribution < -0.4 is 5.32 Å². The van der Waals surface area contributed by atoms with E-state index < -0.39 is 21.2 Å². The maximum atomic E-state index is 13.1. The minimum atomic E-state index is -2.95. The molecule has 1 aliphatic rings. The first-order valence-corrected chi connectivity index (χ1v) is 8.34. The molecule has 0 radical (unpaired) electrons. The van der Waals surface area contributed by atoms with Crippen molar-refractivity contribution in [3.8, 4) is 0 Å². The topological polar surface area (TPSA) is 46.2 Å². The largest absolute Gasteiger partial charge is 0.304 e. The van der Waals surface area contributed by atoms with Gasteiger partial charge in [-0.1, -0.05) is 17.7 Å². The summed E-state index contributed by atoms with van der Waals surface area (Å²) in [5.41, 5.74) is 0.413. The summed E-state index contributed by atoms with van der Waals surface area (Å²) in [6.45, 7) is 3.82. The number of sulfone groups is 1. The van der Waals surface area contributed by atoms with Gasteiger partial charge < -0.3 is 5.32 Å². The number of benzene rings is 1. The Kier molecular flexibility index (Phi) is 3.91. The van der Waals surface area contributed by atoms with Crippen LogP contribution in [0.2, 0.25) is 5.02 Å². The molecule has 1 aromatic carbocycles. The highest BCUT2D eigenvalue weighted by atomic mass is 35.5. The molecule has 0 saturated carbocycles. The van der Waals surface area contributed by atoms with Crippen molar-refractivity contribution in [3.05, 3.63) is 34.6 Å². The molecule has 1 fully saturated rings. The zero-order valence-corrected chi connectivity index (χ0v) is 12.5. The van der Waals surface area contributed by atoms with Gasteiger partial charge in [-0.15, -0.1) is 0 Å². The summed E-state index contributed by atoms with van der Waals surface area (Å²) >= 11 is 5.76.